The maximum absolute atomic E-state index is 11.9. The monoisotopic (exact) mass is 221 g/mol. The van der Waals surface area contributed by atoms with Crippen molar-refractivity contribution in [3.05, 3.63) is 47.0 Å². The normalized spacial score (nSPS) is 10.3. The van der Waals surface area contributed by atoms with E-state index in [-0.39, 0.29) is 5.78 Å². The SMILES string of the molecule is Cn1cc(C(=O)c2ccncc2Cl)cn1. The molecule has 0 saturated carbocycles. The van der Waals surface area contributed by atoms with Crippen LogP contribution in [0.5, 0.6) is 0 Å². The van der Waals surface area contributed by atoms with Crippen LogP contribution >= 0.6 is 11.6 Å². The van der Waals surface area contributed by atoms with Crippen molar-refractivity contribution in [2.24, 2.45) is 7.05 Å². The Hall–Kier alpha value is -1.68. The fraction of sp³-hybridized carbons (Fsp3) is 0.100. The second-order valence-electron chi connectivity index (χ2n) is 3.09. The molecule has 2 rings (SSSR count). The van der Waals surface area contributed by atoms with Crippen LogP contribution in [0.3, 0.4) is 0 Å². The van der Waals surface area contributed by atoms with Crippen molar-refractivity contribution in [1.29, 1.82) is 0 Å². The Labute approximate surface area is 91.5 Å². The average Bonchev–Trinajstić information content (AvgIpc) is 2.65. The van der Waals surface area contributed by atoms with E-state index in [9.17, 15) is 4.79 Å². The van der Waals surface area contributed by atoms with Gasteiger partial charge in [-0.25, -0.2) is 0 Å². The first kappa shape index (κ1) is 9.86. The lowest BCUT2D eigenvalue weighted by molar-refractivity contribution is 0.103. The quantitative estimate of drug-likeness (QED) is 0.726. The minimum absolute atomic E-state index is 0.143. The van der Waals surface area contributed by atoms with Crippen molar-refractivity contribution in [2.75, 3.05) is 0 Å². The summed E-state index contributed by atoms with van der Waals surface area (Å²) < 4.78 is 1.57. The van der Waals surface area contributed by atoms with Gasteiger partial charge in [-0.05, 0) is 6.07 Å². The maximum atomic E-state index is 11.9. The molecule has 2 aromatic rings. The van der Waals surface area contributed by atoms with Crippen LogP contribution < -0.4 is 0 Å². The zero-order valence-electron chi connectivity index (χ0n) is 8.01. The summed E-state index contributed by atoms with van der Waals surface area (Å²) >= 11 is 5.87. The van der Waals surface area contributed by atoms with E-state index in [0.29, 0.717) is 16.1 Å². The van der Waals surface area contributed by atoms with Gasteiger partial charge >= 0.3 is 0 Å². The smallest absolute Gasteiger partial charge is 0.197 e. The van der Waals surface area contributed by atoms with Gasteiger partial charge in [0.05, 0.1) is 16.8 Å². The summed E-state index contributed by atoms with van der Waals surface area (Å²) in [6.07, 6.45) is 6.15. The van der Waals surface area contributed by atoms with Crippen molar-refractivity contribution >= 4 is 17.4 Å². The first-order valence-electron chi connectivity index (χ1n) is 4.31. The number of rotatable bonds is 2. The molecule has 0 spiro atoms. The zero-order valence-corrected chi connectivity index (χ0v) is 8.77. The van der Waals surface area contributed by atoms with Gasteiger partial charge in [0.15, 0.2) is 5.78 Å². The van der Waals surface area contributed by atoms with Crippen LogP contribution in [0.25, 0.3) is 0 Å². The number of carbonyl (C=O) groups is 1. The number of aromatic nitrogens is 3. The third kappa shape index (κ3) is 1.89. The second kappa shape index (κ2) is 3.82. The van der Waals surface area contributed by atoms with Gasteiger partial charge < -0.3 is 0 Å². The summed E-state index contributed by atoms with van der Waals surface area (Å²) in [4.78, 5) is 15.7. The summed E-state index contributed by atoms with van der Waals surface area (Å²) in [5, 5.41) is 4.28. The minimum atomic E-state index is -0.143. The van der Waals surface area contributed by atoms with E-state index in [4.69, 9.17) is 11.6 Å². The number of carbonyl (C=O) groups excluding carboxylic acids is 1. The largest absolute Gasteiger partial charge is 0.288 e. The predicted octanol–water partition coefficient (Wildman–Crippen LogP) is 1.70. The number of pyridine rings is 1. The average molecular weight is 222 g/mol. The molecule has 0 amide bonds. The summed E-state index contributed by atoms with van der Waals surface area (Å²) in [5.41, 5.74) is 0.963. The van der Waals surface area contributed by atoms with Crippen LogP contribution in [-0.4, -0.2) is 20.5 Å². The molecule has 0 atom stereocenters. The van der Waals surface area contributed by atoms with Gasteiger partial charge in [0.25, 0.3) is 0 Å². The molecule has 0 saturated heterocycles. The van der Waals surface area contributed by atoms with Gasteiger partial charge in [-0.3, -0.25) is 14.5 Å². The Morgan fingerprint density at radius 1 is 1.47 bits per heavy atom. The van der Waals surface area contributed by atoms with Gasteiger partial charge in [-0.15, -0.1) is 0 Å². The van der Waals surface area contributed by atoms with Crippen LogP contribution in [0.1, 0.15) is 15.9 Å². The molecule has 0 aromatic carbocycles. The Bertz CT molecular complexity index is 507. The summed E-state index contributed by atoms with van der Waals surface area (Å²) in [5.74, 6) is -0.143. The topological polar surface area (TPSA) is 47.8 Å². The maximum Gasteiger partial charge on any atom is 0.197 e. The number of hydrogen-bond acceptors (Lipinski definition) is 3. The molecule has 4 nitrogen and oxygen atoms in total. The molecule has 0 unspecified atom stereocenters. The second-order valence-corrected chi connectivity index (χ2v) is 3.49. The fourth-order valence-corrected chi connectivity index (χ4v) is 1.46. The molecule has 0 fully saturated rings. The number of nitrogens with zero attached hydrogens (tertiary/aromatic N) is 3. The van der Waals surface area contributed by atoms with Crippen LogP contribution in [0.15, 0.2) is 30.9 Å². The van der Waals surface area contributed by atoms with Gasteiger partial charge in [-0.2, -0.15) is 5.10 Å². The van der Waals surface area contributed by atoms with Crippen LogP contribution in [0, 0.1) is 0 Å². The van der Waals surface area contributed by atoms with E-state index < -0.39 is 0 Å². The van der Waals surface area contributed by atoms with Gasteiger partial charge in [-0.1, -0.05) is 11.6 Å². The fourth-order valence-electron chi connectivity index (χ4n) is 1.25. The number of hydrogen-bond donors (Lipinski definition) is 0. The van der Waals surface area contributed by atoms with Crippen molar-refractivity contribution in [2.45, 2.75) is 0 Å². The molecule has 0 bridgehead atoms. The molecular weight excluding hydrogens is 214 g/mol. The molecule has 0 aliphatic heterocycles. The molecule has 0 aliphatic carbocycles. The van der Waals surface area contributed by atoms with Crippen LogP contribution in [0.4, 0.5) is 0 Å². The lowest BCUT2D eigenvalue weighted by Crippen LogP contribution is -2.01. The molecule has 5 heteroatoms. The van der Waals surface area contributed by atoms with Crippen molar-refractivity contribution in [1.82, 2.24) is 14.8 Å². The van der Waals surface area contributed by atoms with Crippen molar-refractivity contribution in [3.8, 4) is 0 Å². The molecule has 0 aliphatic rings. The zero-order chi connectivity index (χ0) is 10.8. The highest BCUT2D eigenvalue weighted by Gasteiger charge is 2.13. The first-order chi connectivity index (χ1) is 7.18. The molecule has 76 valence electrons. The number of halogens is 1. The van der Waals surface area contributed by atoms with Gasteiger partial charge in [0.1, 0.15) is 0 Å². The Morgan fingerprint density at radius 2 is 2.27 bits per heavy atom. The van der Waals surface area contributed by atoms with E-state index in [1.54, 1.807) is 24.0 Å². The van der Waals surface area contributed by atoms with Crippen molar-refractivity contribution in [3.63, 3.8) is 0 Å². The summed E-state index contributed by atoms with van der Waals surface area (Å²) in [6.45, 7) is 0. The third-order valence-corrected chi connectivity index (χ3v) is 2.29. The highest BCUT2D eigenvalue weighted by molar-refractivity contribution is 6.34. The van der Waals surface area contributed by atoms with Crippen molar-refractivity contribution < 1.29 is 4.79 Å². The van der Waals surface area contributed by atoms with E-state index in [1.807, 2.05) is 0 Å². The molecule has 0 N–H and O–H groups in total. The molecule has 2 heterocycles. The highest BCUT2D eigenvalue weighted by Crippen LogP contribution is 2.17. The first-order valence-corrected chi connectivity index (χ1v) is 4.69. The van der Waals surface area contributed by atoms with E-state index in [0.717, 1.165) is 0 Å². The van der Waals surface area contributed by atoms with Gasteiger partial charge in [0.2, 0.25) is 0 Å². The van der Waals surface area contributed by atoms with E-state index in [1.165, 1.54) is 18.6 Å². The minimum Gasteiger partial charge on any atom is -0.288 e. The predicted molar refractivity (Wildman–Crippen MR) is 55.9 cm³/mol. The Kier molecular flexibility index (Phi) is 2.51. The third-order valence-electron chi connectivity index (χ3n) is 1.98. The standard InChI is InChI=1S/C10H8ClN3O/c1-14-6-7(4-13-14)10(15)8-2-3-12-5-9(8)11/h2-6H,1H3. The molecule has 2 aromatic heterocycles. The lowest BCUT2D eigenvalue weighted by Gasteiger charge is -1.99. The number of aryl methyl sites for hydroxylation is 1. The van der Waals surface area contributed by atoms with Crippen LogP contribution in [0.2, 0.25) is 5.02 Å². The Balaban J connectivity index is 2.41. The molecular formula is C10H8ClN3O. The lowest BCUT2D eigenvalue weighted by atomic mass is 10.1. The Morgan fingerprint density at radius 3 is 2.87 bits per heavy atom. The molecule has 15 heavy (non-hydrogen) atoms. The van der Waals surface area contributed by atoms with Gasteiger partial charge in [0, 0.05) is 31.2 Å². The van der Waals surface area contributed by atoms with E-state index >= 15 is 0 Å². The highest BCUT2D eigenvalue weighted by atomic mass is 35.5. The number of ketones is 1. The van der Waals surface area contributed by atoms with E-state index in [2.05, 4.69) is 10.1 Å². The summed E-state index contributed by atoms with van der Waals surface area (Å²) in [6, 6.07) is 1.59. The summed E-state index contributed by atoms with van der Waals surface area (Å²) in [7, 11) is 1.75. The molecule has 0 radical (unpaired) electrons. The van der Waals surface area contributed by atoms with Crippen LogP contribution in [-0.2, 0) is 7.05 Å².